The molecule has 1 amide bonds. The zero-order valence-electron chi connectivity index (χ0n) is 15.3. The predicted octanol–water partition coefficient (Wildman–Crippen LogP) is 4.15. The van der Waals surface area contributed by atoms with Crippen molar-refractivity contribution in [3.63, 3.8) is 0 Å². The van der Waals surface area contributed by atoms with Gasteiger partial charge in [0.15, 0.2) is 5.16 Å². The van der Waals surface area contributed by atoms with Crippen molar-refractivity contribution in [2.24, 2.45) is 0 Å². The van der Waals surface area contributed by atoms with Crippen LogP contribution in [0.25, 0.3) is 0 Å². The minimum atomic E-state index is -0.107. The highest BCUT2D eigenvalue weighted by Crippen LogP contribution is 2.40. The highest BCUT2D eigenvalue weighted by molar-refractivity contribution is 8.00. The number of nitrogens with zero attached hydrogens (tertiary/aromatic N) is 4. The number of amides is 1. The Morgan fingerprint density at radius 1 is 1.27 bits per heavy atom. The van der Waals surface area contributed by atoms with Gasteiger partial charge >= 0.3 is 0 Å². The van der Waals surface area contributed by atoms with Crippen LogP contribution in [-0.2, 0) is 11.2 Å². The number of carbonyl (C=O) groups is 1. The van der Waals surface area contributed by atoms with E-state index in [2.05, 4.69) is 37.2 Å². The van der Waals surface area contributed by atoms with E-state index in [1.165, 1.54) is 30.6 Å². The van der Waals surface area contributed by atoms with Crippen molar-refractivity contribution >= 4 is 29.0 Å². The number of likely N-dealkylation sites (tertiary alicyclic amines) is 1. The minimum Gasteiger partial charge on any atom is -0.342 e. The van der Waals surface area contributed by atoms with Crippen LogP contribution in [0, 0.1) is 0 Å². The van der Waals surface area contributed by atoms with E-state index in [0.717, 1.165) is 43.3 Å². The van der Waals surface area contributed by atoms with Gasteiger partial charge < -0.3 is 9.47 Å². The summed E-state index contributed by atoms with van der Waals surface area (Å²) in [5, 5.41) is 11.8. The Labute approximate surface area is 163 Å². The first-order chi connectivity index (χ1) is 12.7. The van der Waals surface area contributed by atoms with Crippen LogP contribution >= 0.6 is 23.1 Å². The van der Waals surface area contributed by atoms with E-state index in [1.807, 2.05) is 6.92 Å². The maximum atomic E-state index is 12.9. The van der Waals surface area contributed by atoms with E-state index < -0.39 is 0 Å². The van der Waals surface area contributed by atoms with E-state index in [-0.39, 0.29) is 11.2 Å². The maximum absolute atomic E-state index is 12.9. The van der Waals surface area contributed by atoms with E-state index in [1.54, 1.807) is 23.1 Å². The Morgan fingerprint density at radius 2 is 2.04 bits per heavy atom. The van der Waals surface area contributed by atoms with Gasteiger partial charge in [0.05, 0.1) is 5.25 Å². The molecule has 0 aromatic carbocycles. The molecule has 7 heteroatoms. The van der Waals surface area contributed by atoms with Gasteiger partial charge in [0.25, 0.3) is 0 Å². The molecule has 0 spiro atoms. The number of carbonyl (C=O) groups excluding carboxylic acids is 1. The molecule has 2 aliphatic rings. The molecule has 1 unspecified atom stereocenters. The Morgan fingerprint density at radius 3 is 2.69 bits per heavy atom. The van der Waals surface area contributed by atoms with E-state index in [0.29, 0.717) is 6.04 Å². The third-order valence-electron chi connectivity index (χ3n) is 5.11. The lowest BCUT2D eigenvalue weighted by atomic mass is 10.2. The highest BCUT2D eigenvalue weighted by Gasteiger charge is 2.32. The van der Waals surface area contributed by atoms with Crippen LogP contribution in [0.2, 0.25) is 0 Å². The molecule has 4 rings (SSSR count). The number of rotatable bonds is 6. The zero-order valence-corrected chi connectivity index (χ0v) is 16.9. The smallest absolute Gasteiger partial charge is 0.235 e. The highest BCUT2D eigenvalue weighted by atomic mass is 32.2. The molecule has 26 heavy (non-hydrogen) atoms. The summed E-state index contributed by atoms with van der Waals surface area (Å²) in [6, 6.07) is 4.74. The molecule has 1 aliphatic carbocycles. The molecule has 2 fully saturated rings. The van der Waals surface area contributed by atoms with Gasteiger partial charge in [-0.15, -0.1) is 21.5 Å². The largest absolute Gasteiger partial charge is 0.342 e. The van der Waals surface area contributed by atoms with Crippen LogP contribution < -0.4 is 0 Å². The Bertz CT molecular complexity index is 731. The molecule has 3 heterocycles. The summed E-state index contributed by atoms with van der Waals surface area (Å²) in [7, 11) is 0. The summed E-state index contributed by atoms with van der Waals surface area (Å²) >= 11 is 3.34. The monoisotopic (exact) mass is 390 g/mol. The number of hydrogen-bond donors (Lipinski definition) is 0. The van der Waals surface area contributed by atoms with E-state index in [9.17, 15) is 4.79 Å². The van der Waals surface area contributed by atoms with Crippen LogP contribution in [0.3, 0.4) is 0 Å². The lowest BCUT2D eigenvalue weighted by Crippen LogP contribution is -2.37. The summed E-state index contributed by atoms with van der Waals surface area (Å²) in [5.41, 5.74) is 0. The number of thiophene rings is 1. The fourth-order valence-electron chi connectivity index (χ4n) is 3.53. The fourth-order valence-corrected chi connectivity index (χ4v) is 5.26. The quantitative estimate of drug-likeness (QED) is 0.695. The number of thioether (sulfide) groups is 1. The van der Waals surface area contributed by atoms with Crippen molar-refractivity contribution in [2.75, 3.05) is 13.1 Å². The SMILES string of the molecule is CC(Sc1nnc(Cc2cccs2)n1C1CC1)C(=O)N1CCCCCC1. The van der Waals surface area contributed by atoms with Gasteiger partial charge in [-0.05, 0) is 44.1 Å². The Kier molecular flexibility index (Phi) is 5.64. The molecule has 2 aromatic heterocycles. The van der Waals surface area contributed by atoms with E-state index in [4.69, 9.17) is 0 Å². The summed E-state index contributed by atoms with van der Waals surface area (Å²) in [5.74, 6) is 1.29. The number of hydrogen-bond acceptors (Lipinski definition) is 5. The summed E-state index contributed by atoms with van der Waals surface area (Å²) in [4.78, 5) is 16.2. The maximum Gasteiger partial charge on any atom is 0.235 e. The molecule has 1 saturated heterocycles. The van der Waals surface area contributed by atoms with Gasteiger partial charge in [0.1, 0.15) is 5.82 Å². The van der Waals surface area contributed by atoms with Gasteiger partial charge in [-0.3, -0.25) is 4.79 Å². The van der Waals surface area contributed by atoms with Crippen molar-refractivity contribution in [3.8, 4) is 0 Å². The van der Waals surface area contributed by atoms with Gasteiger partial charge in [0.2, 0.25) is 5.91 Å². The van der Waals surface area contributed by atoms with Crippen LogP contribution in [0.15, 0.2) is 22.7 Å². The topological polar surface area (TPSA) is 51.0 Å². The first-order valence-electron chi connectivity index (χ1n) is 9.64. The van der Waals surface area contributed by atoms with Gasteiger partial charge in [0, 0.05) is 30.4 Å². The van der Waals surface area contributed by atoms with Crippen molar-refractivity contribution in [1.82, 2.24) is 19.7 Å². The van der Waals surface area contributed by atoms with Crippen molar-refractivity contribution in [2.45, 2.75) is 68.3 Å². The van der Waals surface area contributed by atoms with Crippen LogP contribution in [0.4, 0.5) is 0 Å². The molecule has 1 saturated carbocycles. The van der Waals surface area contributed by atoms with Crippen LogP contribution in [0.5, 0.6) is 0 Å². The molecule has 5 nitrogen and oxygen atoms in total. The molecular weight excluding hydrogens is 364 g/mol. The Balaban J connectivity index is 1.47. The lowest BCUT2D eigenvalue weighted by Gasteiger charge is -2.23. The van der Waals surface area contributed by atoms with Gasteiger partial charge in [-0.25, -0.2) is 0 Å². The third kappa shape index (κ3) is 4.14. The van der Waals surface area contributed by atoms with Gasteiger partial charge in [-0.1, -0.05) is 30.7 Å². The first kappa shape index (κ1) is 18.0. The Hall–Kier alpha value is -1.34. The van der Waals surface area contributed by atoms with Crippen LogP contribution in [-0.4, -0.2) is 43.9 Å². The fraction of sp³-hybridized carbons (Fsp3) is 0.632. The second kappa shape index (κ2) is 8.13. The number of aromatic nitrogens is 3. The molecule has 2 aromatic rings. The first-order valence-corrected chi connectivity index (χ1v) is 11.4. The standard InChI is InChI=1S/C19H26N4OS2/c1-14(18(24)22-10-4-2-3-5-11-22)26-19-21-20-17(23(19)15-8-9-15)13-16-7-6-12-25-16/h6-7,12,14-15H,2-5,8-11,13H2,1H3. The molecule has 0 N–H and O–H groups in total. The van der Waals surface area contributed by atoms with Crippen molar-refractivity contribution in [1.29, 1.82) is 0 Å². The zero-order chi connectivity index (χ0) is 17.9. The predicted molar refractivity (Wildman–Crippen MR) is 106 cm³/mol. The third-order valence-corrected chi connectivity index (χ3v) is 7.03. The van der Waals surface area contributed by atoms with Gasteiger partial charge in [-0.2, -0.15) is 0 Å². The molecular formula is C19H26N4OS2. The summed E-state index contributed by atoms with van der Waals surface area (Å²) in [6.07, 6.45) is 7.96. The van der Waals surface area contributed by atoms with Crippen molar-refractivity contribution < 1.29 is 4.79 Å². The molecule has 140 valence electrons. The van der Waals surface area contributed by atoms with Crippen LogP contribution in [0.1, 0.15) is 62.2 Å². The molecule has 1 aliphatic heterocycles. The van der Waals surface area contributed by atoms with E-state index >= 15 is 0 Å². The minimum absolute atomic E-state index is 0.107. The molecule has 0 bridgehead atoms. The van der Waals surface area contributed by atoms with Crippen molar-refractivity contribution in [3.05, 3.63) is 28.2 Å². The summed E-state index contributed by atoms with van der Waals surface area (Å²) in [6.45, 7) is 3.83. The average molecular weight is 391 g/mol. The second-order valence-electron chi connectivity index (χ2n) is 7.26. The average Bonchev–Trinajstić information content (AvgIpc) is 3.31. The normalized spacial score (nSPS) is 19.3. The second-order valence-corrected chi connectivity index (χ2v) is 9.60. The lowest BCUT2D eigenvalue weighted by molar-refractivity contribution is -0.130. The molecule has 0 radical (unpaired) electrons. The molecule has 1 atom stereocenters. The summed E-state index contributed by atoms with van der Waals surface area (Å²) < 4.78 is 2.29.